The van der Waals surface area contributed by atoms with E-state index in [1.807, 2.05) is 24.3 Å². The molecule has 0 aliphatic carbocycles. The van der Waals surface area contributed by atoms with Crippen molar-refractivity contribution in [1.29, 1.82) is 0 Å². The van der Waals surface area contributed by atoms with Crippen LogP contribution in [0.25, 0.3) is 0 Å². The summed E-state index contributed by atoms with van der Waals surface area (Å²) < 4.78 is 4.81. The second kappa shape index (κ2) is 10.3. The molecule has 19 heavy (non-hydrogen) atoms. The molecular weight excluding hydrogens is 307 g/mol. The van der Waals surface area contributed by atoms with Gasteiger partial charge in [-0.15, -0.1) is 24.2 Å². The molecule has 0 heterocycles. The molecule has 4 nitrogen and oxygen atoms in total. The summed E-state index contributed by atoms with van der Waals surface area (Å²) in [6.07, 6.45) is 0. The predicted octanol–water partition coefficient (Wildman–Crippen LogP) is 1.94. The number of nitrogens with one attached hydrogen (secondary N) is 1. The van der Waals surface area contributed by atoms with Crippen molar-refractivity contribution in [2.45, 2.75) is 10.9 Å². The lowest BCUT2D eigenvalue weighted by atomic mass is 10.3. The van der Waals surface area contributed by atoms with Crippen LogP contribution in [-0.2, 0) is 9.53 Å². The molecular formula is C12H18Cl2N2O2S. The monoisotopic (exact) mass is 324 g/mol. The molecule has 0 fully saturated rings. The molecule has 1 aromatic rings. The molecule has 0 aliphatic heterocycles. The second-order valence-electron chi connectivity index (χ2n) is 3.66. The number of nitrogens with two attached hydrogens (primary N) is 1. The van der Waals surface area contributed by atoms with Crippen molar-refractivity contribution in [3.05, 3.63) is 29.3 Å². The van der Waals surface area contributed by atoms with Crippen LogP contribution >= 0.6 is 35.8 Å². The predicted molar refractivity (Wildman–Crippen MR) is 82.3 cm³/mol. The topological polar surface area (TPSA) is 64.3 Å². The number of thioether (sulfide) groups is 1. The minimum atomic E-state index is -0.601. The molecule has 0 spiro atoms. The fraction of sp³-hybridized carbons (Fsp3) is 0.417. The minimum absolute atomic E-state index is 0. The number of halogens is 2. The maximum Gasteiger partial charge on any atom is 0.239 e. The quantitative estimate of drug-likeness (QED) is 0.594. The summed E-state index contributed by atoms with van der Waals surface area (Å²) in [5, 5.41) is 3.48. The van der Waals surface area contributed by atoms with Gasteiger partial charge in [0, 0.05) is 29.3 Å². The zero-order chi connectivity index (χ0) is 13.4. The van der Waals surface area contributed by atoms with Crippen molar-refractivity contribution in [1.82, 2.24) is 5.32 Å². The van der Waals surface area contributed by atoms with E-state index in [0.29, 0.717) is 6.54 Å². The lowest BCUT2D eigenvalue weighted by molar-refractivity contribution is -0.123. The number of hydrogen-bond acceptors (Lipinski definition) is 4. The van der Waals surface area contributed by atoms with Crippen LogP contribution in [0.3, 0.4) is 0 Å². The number of hydrogen-bond donors (Lipinski definition) is 2. The first-order valence-electron chi connectivity index (χ1n) is 5.54. The van der Waals surface area contributed by atoms with Gasteiger partial charge in [-0.25, -0.2) is 0 Å². The van der Waals surface area contributed by atoms with E-state index in [1.54, 1.807) is 11.8 Å². The van der Waals surface area contributed by atoms with Crippen molar-refractivity contribution >= 4 is 41.7 Å². The van der Waals surface area contributed by atoms with Crippen LogP contribution in [0, 0.1) is 0 Å². The molecule has 1 atom stereocenters. The number of methoxy groups -OCH3 is 1. The Hall–Kier alpha value is -0.460. The van der Waals surface area contributed by atoms with E-state index in [-0.39, 0.29) is 24.9 Å². The van der Waals surface area contributed by atoms with Crippen molar-refractivity contribution < 1.29 is 9.53 Å². The lowest BCUT2D eigenvalue weighted by Gasteiger charge is -2.10. The van der Waals surface area contributed by atoms with E-state index in [1.165, 1.54) is 7.11 Å². The zero-order valence-electron chi connectivity index (χ0n) is 10.6. The Morgan fingerprint density at radius 2 is 2.11 bits per heavy atom. The van der Waals surface area contributed by atoms with Gasteiger partial charge in [0.2, 0.25) is 5.91 Å². The average Bonchev–Trinajstić information content (AvgIpc) is 2.36. The first-order chi connectivity index (χ1) is 8.63. The van der Waals surface area contributed by atoms with E-state index in [4.69, 9.17) is 22.1 Å². The molecule has 108 valence electrons. The smallest absolute Gasteiger partial charge is 0.239 e. The van der Waals surface area contributed by atoms with Crippen LogP contribution in [0.1, 0.15) is 0 Å². The molecule has 0 aromatic heterocycles. The first-order valence-corrected chi connectivity index (χ1v) is 6.90. The summed E-state index contributed by atoms with van der Waals surface area (Å²) in [4.78, 5) is 12.6. The lowest BCUT2D eigenvalue weighted by Crippen LogP contribution is -2.44. The maximum absolute atomic E-state index is 11.4. The van der Waals surface area contributed by atoms with Gasteiger partial charge in [0.05, 0.1) is 6.61 Å². The number of carbonyl (C=O) groups excluding carboxylic acids is 1. The van der Waals surface area contributed by atoms with Crippen LogP contribution in [-0.4, -0.2) is 38.0 Å². The molecule has 1 unspecified atom stereocenters. The third kappa shape index (κ3) is 7.64. The normalized spacial score (nSPS) is 11.5. The summed E-state index contributed by atoms with van der Waals surface area (Å²) in [6, 6.07) is 6.99. The van der Waals surface area contributed by atoms with Gasteiger partial charge in [0.1, 0.15) is 6.04 Å². The second-order valence-corrected chi connectivity index (χ2v) is 5.26. The van der Waals surface area contributed by atoms with Crippen LogP contribution in [0.2, 0.25) is 5.02 Å². The third-order valence-electron chi connectivity index (χ3n) is 2.17. The number of amides is 1. The van der Waals surface area contributed by atoms with E-state index in [0.717, 1.165) is 15.7 Å². The van der Waals surface area contributed by atoms with Crippen LogP contribution in [0.5, 0.6) is 0 Å². The van der Waals surface area contributed by atoms with Crippen LogP contribution in [0.4, 0.5) is 0 Å². The maximum atomic E-state index is 11.4. The minimum Gasteiger partial charge on any atom is -0.383 e. The molecule has 3 N–H and O–H groups in total. The average molecular weight is 325 g/mol. The van der Waals surface area contributed by atoms with Gasteiger partial charge in [-0.2, -0.15) is 0 Å². The van der Waals surface area contributed by atoms with Gasteiger partial charge in [-0.05, 0) is 24.3 Å². The Bertz CT molecular complexity index is 376. The molecule has 7 heteroatoms. The molecule has 1 amide bonds. The van der Waals surface area contributed by atoms with Crippen molar-refractivity contribution in [3.8, 4) is 0 Å². The summed E-state index contributed by atoms with van der Waals surface area (Å²) in [6.45, 7) is 0.805. The van der Waals surface area contributed by atoms with Crippen LogP contribution < -0.4 is 11.1 Å². The van der Waals surface area contributed by atoms with Gasteiger partial charge in [-0.1, -0.05) is 11.6 Å². The van der Waals surface area contributed by atoms with E-state index in [2.05, 4.69) is 5.32 Å². The molecule has 0 radical (unpaired) electrons. The van der Waals surface area contributed by atoms with Crippen molar-refractivity contribution in [3.63, 3.8) is 0 Å². The summed E-state index contributed by atoms with van der Waals surface area (Å²) in [7, 11) is 1.52. The Morgan fingerprint density at radius 3 is 2.68 bits per heavy atom. The highest BCUT2D eigenvalue weighted by molar-refractivity contribution is 7.99. The Balaban J connectivity index is 0.00000324. The number of benzene rings is 1. The van der Waals surface area contributed by atoms with Gasteiger partial charge in [0.25, 0.3) is 0 Å². The largest absolute Gasteiger partial charge is 0.383 e. The van der Waals surface area contributed by atoms with E-state index in [9.17, 15) is 4.79 Å². The Morgan fingerprint density at radius 1 is 1.47 bits per heavy atom. The first kappa shape index (κ1) is 18.5. The third-order valence-corrected chi connectivity index (χ3v) is 3.43. The highest BCUT2D eigenvalue weighted by Crippen LogP contribution is 2.19. The summed E-state index contributed by atoms with van der Waals surface area (Å²) in [5.74, 6) is 0.598. The van der Waals surface area contributed by atoms with Crippen molar-refractivity contribution in [2.24, 2.45) is 5.73 Å². The molecule has 0 saturated heterocycles. The standard InChI is InChI=1S/C12H17ClN2O2S.ClH/c1-17-8-11(14)12(16)15-6-7-18-10-4-2-9(13)3-5-10;/h2-5,11H,6-8,14H2,1H3,(H,15,16);1H. The molecule has 1 rings (SSSR count). The number of carbonyl (C=O) groups is 1. The van der Waals surface area contributed by atoms with Crippen molar-refractivity contribution in [2.75, 3.05) is 26.0 Å². The molecule has 0 saturated carbocycles. The van der Waals surface area contributed by atoms with Gasteiger partial charge in [-0.3, -0.25) is 4.79 Å². The van der Waals surface area contributed by atoms with Gasteiger partial charge in [0.15, 0.2) is 0 Å². The fourth-order valence-electron chi connectivity index (χ4n) is 1.26. The highest BCUT2D eigenvalue weighted by Gasteiger charge is 2.11. The summed E-state index contributed by atoms with van der Waals surface area (Å²) in [5.41, 5.74) is 5.58. The van der Waals surface area contributed by atoms with Crippen LogP contribution in [0.15, 0.2) is 29.2 Å². The number of rotatable bonds is 7. The van der Waals surface area contributed by atoms with Gasteiger partial charge < -0.3 is 15.8 Å². The molecule has 0 bridgehead atoms. The Kier molecular flexibility index (Phi) is 10.1. The Labute approximate surface area is 128 Å². The number of ether oxygens (including phenoxy) is 1. The summed E-state index contributed by atoms with van der Waals surface area (Å²) >= 11 is 7.44. The van der Waals surface area contributed by atoms with E-state index >= 15 is 0 Å². The van der Waals surface area contributed by atoms with Gasteiger partial charge >= 0.3 is 0 Å². The molecule has 1 aromatic carbocycles. The highest BCUT2D eigenvalue weighted by atomic mass is 35.5. The fourth-order valence-corrected chi connectivity index (χ4v) is 2.15. The van der Waals surface area contributed by atoms with E-state index < -0.39 is 6.04 Å². The zero-order valence-corrected chi connectivity index (χ0v) is 13.0. The molecule has 0 aliphatic rings. The SMILES string of the molecule is COCC(N)C(=O)NCCSc1ccc(Cl)cc1.Cl.